The van der Waals surface area contributed by atoms with Gasteiger partial charge in [-0.3, -0.25) is 4.79 Å². The van der Waals surface area contributed by atoms with Gasteiger partial charge >= 0.3 is 0 Å². The van der Waals surface area contributed by atoms with Crippen LogP contribution in [0.2, 0.25) is 0 Å². The average Bonchev–Trinajstić information content (AvgIpc) is 3.37. The van der Waals surface area contributed by atoms with Gasteiger partial charge in [0.2, 0.25) is 5.91 Å². The average molecular weight is 432 g/mol. The predicted molar refractivity (Wildman–Crippen MR) is 125 cm³/mol. The molecule has 0 radical (unpaired) electrons. The summed E-state index contributed by atoms with van der Waals surface area (Å²) in [6.07, 6.45) is 4.17. The van der Waals surface area contributed by atoms with Crippen LogP contribution in [-0.2, 0) is 24.8 Å². The number of nitrogens with zero attached hydrogens (tertiary/aromatic N) is 5. The Bertz CT molecular complexity index is 1260. The quantitative estimate of drug-likeness (QED) is 0.436. The van der Waals surface area contributed by atoms with Gasteiger partial charge in [-0.2, -0.15) is 0 Å². The molecular formula is C24H25N5OS. The van der Waals surface area contributed by atoms with E-state index in [2.05, 4.69) is 52.2 Å². The summed E-state index contributed by atoms with van der Waals surface area (Å²) >= 11 is 1.45. The molecule has 7 heteroatoms. The topological polar surface area (TPSA) is 56.0 Å². The number of hydrogen-bond acceptors (Lipinski definition) is 4. The molecule has 5 rings (SSSR count). The van der Waals surface area contributed by atoms with Gasteiger partial charge in [-0.05, 0) is 37.5 Å². The van der Waals surface area contributed by atoms with Gasteiger partial charge in [0.1, 0.15) is 0 Å². The molecular weight excluding hydrogens is 406 g/mol. The summed E-state index contributed by atoms with van der Waals surface area (Å²) < 4.78 is 4.22. The minimum absolute atomic E-state index is 0.115. The third-order valence-corrected chi connectivity index (χ3v) is 6.95. The summed E-state index contributed by atoms with van der Waals surface area (Å²) in [6, 6.07) is 16.6. The van der Waals surface area contributed by atoms with E-state index in [1.165, 1.54) is 22.8 Å². The molecule has 4 aromatic rings. The number of carbonyl (C=O) groups excluding carboxylic acids is 1. The Morgan fingerprint density at radius 1 is 1.10 bits per heavy atom. The van der Waals surface area contributed by atoms with Gasteiger partial charge in [0, 0.05) is 48.5 Å². The zero-order valence-corrected chi connectivity index (χ0v) is 18.6. The molecule has 0 atom stereocenters. The Balaban J connectivity index is 1.37. The van der Waals surface area contributed by atoms with E-state index in [0.717, 1.165) is 53.5 Å². The maximum atomic E-state index is 13.0. The number of amides is 1. The first-order valence-corrected chi connectivity index (χ1v) is 11.6. The Kier molecular flexibility index (Phi) is 5.28. The zero-order valence-electron chi connectivity index (χ0n) is 17.8. The minimum atomic E-state index is 0.115. The zero-order chi connectivity index (χ0) is 21.4. The smallest absolute Gasteiger partial charge is 0.237 e. The van der Waals surface area contributed by atoms with Crippen LogP contribution in [0.4, 0.5) is 5.69 Å². The van der Waals surface area contributed by atoms with Crippen molar-refractivity contribution < 1.29 is 4.79 Å². The van der Waals surface area contributed by atoms with Crippen LogP contribution in [0, 0.1) is 0 Å². The Morgan fingerprint density at radius 2 is 1.90 bits per heavy atom. The molecule has 158 valence electrons. The molecule has 0 saturated heterocycles. The monoisotopic (exact) mass is 431 g/mol. The molecule has 0 spiro atoms. The van der Waals surface area contributed by atoms with Gasteiger partial charge in [0.25, 0.3) is 0 Å². The molecule has 0 unspecified atom stereocenters. The van der Waals surface area contributed by atoms with Crippen LogP contribution in [0.25, 0.3) is 22.3 Å². The number of hydrogen-bond donors (Lipinski definition) is 0. The summed E-state index contributed by atoms with van der Waals surface area (Å²) in [5, 5.41) is 10.8. The maximum absolute atomic E-state index is 13.0. The molecule has 0 bridgehead atoms. The highest BCUT2D eigenvalue weighted by atomic mass is 32.2. The van der Waals surface area contributed by atoms with Crippen LogP contribution < -0.4 is 4.90 Å². The second-order valence-corrected chi connectivity index (χ2v) is 8.72. The molecule has 1 amide bonds. The number of rotatable bonds is 5. The number of benzene rings is 2. The van der Waals surface area contributed by atoms with Crippen molar-refractivity contribution in [2.75, 3.05) is 17.2 Å². The van der Waals surface area contributed by atoms with Gasteiger partial charge in [-0.1, -0.05) is 48.2 Å². The van der Waals surface area contributed by atoms with Crippen molar-refractivity contribution in [1.29, 1.82) is 0 Å². The number of aryl methyl sites for hydroxylation is 2. The largest absolute Gasteiger partial charge is 0.347 e. The first-order valence-electron chi connectivity index (χ1n) is 10.7. The van der Waals surface area contributed by atoms with Crippen LogP contribution in [-0.4, -0.2) is 37.5 Å². The molecule has 0 fully saturated rings. The second kappa shape index (κ2) is 8.23. The minimum Gasteiger partial charge on any atom is -0.347 e. The normalized spacial score (nSPS) is 13.5. The molecule has 0 aliphatic carbocycles. The number of aromatic nitrogens is 4. The molecule has 2 aromatic carbocycles. The molecule has 1 aliphatic heterocycles. The molecule has 2 aromatic heterocycles. The van der Waals surface area contributed by atoms with Crippen LogP contribution in [0.1, 0.15) is 18.9 Å². The molecule has 6 nitrogen and oxygen atoms in total. The van der Waals surface area contributed by atoms with E-state index in [-0.39, 0.29) is 5.91 Å². The lowest BCUT2D eigenvalue weighted by Gasteiger charge is -2.29. The van der Waals surface area contributed by atoms with E-state index in [4.69, 9.17) is 0 Å². The number of anilines is 1. The van der Waals surface area contributed by atoms with Crippen molar-refractivity contribution in [3.05, 3.63) is 60.3 Å². The summed E-state index contributed by atoms with van der Waals surface area (Å²) in [7, 11) is 1.97. The summed E-state index contributed by atoms with van der Waals surface area (Å²) in [4.78, 5) is 14.9. The predicted octanol–water partition coefficient (Wildman–Crippen LogP) is 4.53. The first-order chi connectivity index (χ1) is 15.2. The van der Waals surface area contributed by atoms with Crippen molar-refractivity contribution in [2.24, 2.45) is 7.05 Å². The Hall–Kier alpha value is -3.06. The highest BCUT2D eigenvalue weighted by Crippen LogP contribution is 2.32. The van der Waals surface area contributed by atoms with Crippen molar-refractivity contribution >= 4 is 34.3 Å². The van der Waals surface area contributed by atoms with Crippen molar-refractivity contribution in [3.8, 4) is 11.4 Å². The lowest BCUT2D eigenvalue weighted by molar-refractivity contribution is -0.116. The molecule has 1 aliphatic rings. The fourth-order valence-corrected chi connectivity index (χ4v) is 5.15. The highest BCUT2D eigenvalue weighted by molar-refractivity contribution is 7.99. The van der Waals surface area contributed by atoms with Gasteiger partial charge < -0.3 is 14.0 Å². The first kappa shape index (κ1) is 19.9. The van der Waals surface area contributed by atoms with Crippen LogP contribution in [0.3, 0.4) is 0 Å². The third kappa shape index (κ3) is 3.53. The lowest BCUT2D eigenvalue weighted by atomic mass is 10.0. The Morgan fingerprint density at radius 3 is 2.77 bits per heavy atom. The van der Waals surface area contributed by atoms with Gasteiger partial charge in [-0.25, -0.2) is 0 Å². The van der Waals surface area contributed by atoms with Crippen molar-refractivity contribution in [3.63, 3.8) is 0 Å². The number of fused-ring (bicyclic) bond motifs is 2. The lowest BCUT2D eigenvalue weighted by Crippen LogP contribution is -2.36. The summed E-state index contributed by atoms with van der Waals surface area (Å²) in [6.45, 7) is 3.81. The number of carbonyl (C=O) groups is 1. The van der Waals surface area contributed by atoms with Crippen LogP contribution in [0.5, 0.6) is 0 Å². The van der Waals surface area contributed by atoms with E-state index >= 15 is 0 Å². The van der Waals surface area contributed by atoms with E-state index in [0.29, 0.717) is 5.75 Å². The van der Waals surface area contributed by atoms with E-state index in [1.807, 2.05) is 40.8 Å². The fraction of sp³-hybridized carbons (Fsp3) is 0.292. The van der Waals surface area contributed by atoms with Crippen molar-refractivity contribution in [1.82, 2.24) is 19.3 Å². The highest BCUT2D eigenvalue weighted by Gasteiger charge is 2.23. The van der Waals surface area contributed by atoms with E-state index in [9.17, 15) is 4.79 Å². The second-order valence-electron chi connectivity index (χ2n) is 7.78. The Labute approximate surface area is 185 Å². The van der Waals surface area contributed by atoms with E-state index < -0.39 is 0 Å². The third-order valence-electron chi connectivity index (χ3n) is 5.94. The van der Waals surface area contributed by atoms with Gasteiger partial charge in [0.05, 0.1) is 5.75 Å². The molecule has 3 heterocycles. The van der Waals surface area contributed by atoms with Gasteiger partial charge in [0.15, 0.2) is 11.0 Å². The molecule has 0 N–H and O–H groups in total. The number of thioether (sulfide) groups is 1. The number of para-hydroxylation sites is 2. The van der Waals surface area contributed by atoms with Gasteiger partial charge in [-0.15, -0.1) is 10.2 Å². The van der Waals surface area contributed by atoms with Crippen LogP contribution >= 0.6 is 11.8 Å². The van der Waals surface area contributed by atoms with E-state index in [1.54, 1.807) is 0 Å². The summed E-state index contributed by atoms with van der Waals surface area (Å²) in [5.74, 6) is 1.28. The fourth-order valence-electron chi connectivity index (χ4n) is 4.36. The molecule has 0 saturated carbocycles. The van der Waals surface area contributed by atoms with Crippen molar-refractivity contribution in [2.45, 2.75) is 31.5 Å². The SMILES string of the molecule is CCn1cc(-c2nnc(SCC(=O)N3CCCc4ccccc43)n2C)c2ccccc21. The molecule has 31 heavy (non-hydrogen) atoms. The summed E-state index contributed by atoms with van der Waals surface area (Å²) in [5.41, 5.74) is 4.55. The standard InChI is InChI=1S/C24H25N5OS/c1-3-28-15-19(18-11-5-7-13-21(18)28)23-25-26-24(27(23)2)31-16-22(30)29-14-8-10-17-9-4-6-12-20(17)29/h4-7,9,11-13,15H,3,8,10,14,16H2,1-2H3. The maximum Gasteiger partial charge on any atom is 0.237 e. The van der Waals surface area contributed by atoms with Crippen LogP contribution in [0.15, 0.2) is 59.9 Å².